The van der Waals surface area contributed by atoms with Gasteiger partial charge in [0, 0.05) is 12.4 Å². The lowest BCUT2D eigenvalue weighted by Gasteiger charge is -2.24. The van der Waals surface area contributed by atoms with Gasteiger partial charge in [-0.1, -0.05) is 54.6 Å². The summed E-state index contributed by atoms with van der Waals surface area (Å²) in [5.74, 6) is -2.10. The average molecular weight is 531 g/mol. The maximum Gasteiger partial charge on any atom is 0.338 e. The topological polar surface area (TPSA) is 106 Å². The lowest BCUT2D eigenvalue weighted by molar-refractivity contribution is -0.0662. The molecule has 9 nitrogen and oxygen atoms in total. The number of imidazole rings is 1. The van der Waals surface area contributed by atoms with E-state index in [0.717, 1.165) is 4.57 Å². The Hall–Kier alpha value is -4.83. The lowest BCUT2D eigenvalue weighted by Crippen LogP contribution is -2.41. The number of carbonyl (C=O) groups excluding carboxylic acids is 3. The number of hydrogen-bond donors (Lipinski definition) is 0. The second kappa shape index (κ2) is 11.7. The summed E-state index contributed by atoms with van der Waals surface area (Å²) in [6.45, 7) is -0.368. The second-order valence-electron chi connectivity index (χ2n) is 8.61. The second-order valence-corrected chi connectivity index (χ2v) is 8.61. The Bertz CT molecular complexity index is 1430. The molecule has 0 saturated carbocycles. The summed E-state index contributed by atoms with van der Waals surface area (Å²) in [4.78, 5) is 42.3. The predicted molar refractivity (Wildman–Crippen MR) is 134 cm³/mol. The maximum atomic E-state index is 14.6. The lowest BCUT2D eigenvalue weighted by atomic mass is 10.1. The van der Waals surface area contributed by atoms with Crippen LogP contribution < -0.4 is 0 Å². The highest BCUT2D eigenvalue weighted by atomic mass is 19.1. The van der Waals surface area contributed by atoms with E-state index in [0.29, 0.717) is 5.56 Å². The first-order chi connectivity index (χ1) is 19.0. The number of nitrogens with zero attached hydrogens (tertiary/aromatic N) is 2. The van der Waals surface area contributed by atoms with Gasteiger partial charge in [0.25, 0.3) is 6.08 Å². The molecule has 1 aliphatic rings. The van der Waals surface area contributed by atoms with E-state index in [9.17, 15) is 18.8 Å². The molecular formula is C29H23FN2O7. The van der Waals surface area contributed by atoms with Crippen LogP contribution in [0.15, 0.2) is 103 Å². The first kappa shape index (κ1) is 25.8. The number of ether oxygens (including phenoxy) is 4. The van der Waals surface area contributed by atoms with Gasteiger partial charge in [0.05, 0.1) is 16.7 Å². The Morgan fingerprint density at radius 2 is 1.23 bits per heavy atom. The Balaban J connectivity index is 1.45. The molecule has 0 radical (unpaired) electrons. The third kappa shape index (κ3) is 5.86. The molecule has 0 N–H and O–H groups in total. The molecular weight excluding hydrogens is 507 g/mol. The minimum atomic E-state index is -1.31. The molecule has 1 fully saturated rings. The number of hydrogen-bond acceptors (Lipinski definition) is 8. The van der Waals surface area contributed by atoms with Crippen molar-refractivity contribution in [1.82, 2.24) is 9.55 Å². The molecule has 4 unspecified atom stereocenters. The molecule has 4 atom stereocenters. The van der Waals surface area contributed by atoms with Gasteiger partial charge in [-0.2, -0.15) is 4.39 Å². The summed E-state index contributed by atoms with van der Waals surface area (Å²) < 4.78 is 38.6. The fourth-order valence-electron chi connectivity index (χ4n) is 4.17. The molecule has 0 amide bonds. The average Bonchev–Trinajstić information content (AvgIpc) is 3.55. The monoisotopic (exact) mass is 530 g/mol. The van der Waals surface area contributed by atoms with Gasteiger partial charge >= 0.3 is 17.9 Å². The number of halogens is 1. The molecule has 198 valence electrons. The smallest absolute Gasteiger partial charge is 0.338 e. The zero-order valence-corrected chi connectivity index (χ0v) is 20.5. The SMILES string of the molecule is O=C(OCC1OC(n2ccnc2F)C(OC(=O)c2ccccc2)C1OC(=O)c1ccccc1)c1ccccc1. The van der Waals surface area contributed by atoms with Gasteiger partial charge in [0.1, 0.15) is 12.7 Å². The van der Waals surface area contributed by atoms with Crippen molar-refractivity contribution in [3.05, 3.63) is 126 Å². The van der Waals surface area contributed by atoms with Crippen LogP contribution in [0.2, 0.25) is 0 Å². The zero-order chi connectivity index (χ0) is 27.2. The zero-order valence-electron chi connectivity index (χ0n) is 20.5. The first-order valence-corrected chi connectivity index (χ1v) is 12.1. The van der Waals surface area contributed by atoms with Crippen LogP contribution in [0.4, 0.5) is 4.39 Å². The summed E-state index contributed by atoms with van der Waals surface area (Å²) in [6.07, 6.45) is -3.34. The van der Waals surface area contributed by atoms with Crippen molar-refractivity contribution in [2.24, 2.45) is 0 Å². The number of carbonyl (C=O) groups is 3. The van der Waals surface area contributed by atoms with Gasteiger partial charge in [-0.25, -0.2) is 19.4 Å². The van der Waals surface area contributed by atoms with Crippen LogP contribution in [0.3, 0.4) is 0 Å². The normalized spacial score (nSPS) is 20.2. The summed E-state index contributed by atoms with van der Waals surface area (Å²) in [7, 11) is 0. The minimum Gasteiger partial charge on any atom is -0.459 e. The third-order valence-corrected chi connectivity index (χ3v) is 6.07. The Morgan fingerprint density at radius 3 is 1.72 bits per heavy atom. The first-order valence-electron chi connectivity index (χ1n) is 12.1. The van der Waals surface area contributed by atoms with Gasteiger partial charge in [-0.05, 0) is 36.4 Å². The van der Waals surface area contributed by atoms with Crippen LogP contribution in [-0.4, -0.2) is 52.4 Å². The molecule has 4 aromatic rings. The van der Waals surface area contributed by atoms with Crippen LogP contribution in [0.25, 0.3) is 0 Å². The van der Waals surface area contributed by atoms with Gasteiger partial charge in [-0.3, -0.25) is 4.57 Å². The largest absolute Gasteiger partial charge is 0.459 e. The van der Waals surface area contributed by atoms with E-state index in [-0.39, 0.29) is 17.7 Å². The minimum absolute atomic E-state index is 0.231. The van der Waals surface area contributed by atoms with Crippen molar-refractivity contribution in [2.75, 3.05) is 6.61 Å². The summed E-state index contributed by atoms with van der Waals surface area (Å²) in [5.41, 5.74) is 0.773. The molecule has 2 heterocycles. The van der Waals surface area contributed by atoms with E-state index < -0.39 is 48.5 Å². The van der Waals surface area contributed by atoms with E-state index in [1.807, 2.05) is 0 Å². The molecule has 1 aromatic heterocycles. The highest BCUT2D eigenvalue weighted by molar-refractivity contribution is 5.91. The van der Waals surface area contributed by atoms with Gasteiger partial charge in [0.15, 0.2) is 18.4 Å². The Labute approximate surface area is 222 Å². The standard InChI is InChI=1S/C29H23FN2O7/c30-29-31-16-17-32(29)25-24(39-28(35)21-14-8-3-9-15-21)23(38-27(34)20-12-6-2-7-13-20)22(37-25)18-36-26(33)19-10-4-1-5-11-19/h1-17,22-25H,18H2. The maximum absolute atomic E-state index is 14.6. The van der Waals surface area contributed by atoms with Crippen LogP contribution in [0.5, 0.6) is 0 Å². The summed E-state index contributed by atoms with van der Waals surface area (Å²) in [5, 5.41) is 0. The quantitative estimate of drug-likeness (QED) is 0.246. The highest BCUT2D eigenvalue weighted by Gasteiger charge is 2.51. The number of benzene rings is 3. The molecule has 1 aliphatic heterocycles. The van der Waals surface area contributed by atoms with Gasteiger partial charge in [-0.15, -0.1) is 0 Å². The van der Waals surface area contributed by atoms with E-state index in [2.05, 4.69) is 4.98 Å². The number of aromatic nitrogens is 2. The van der Waals surface area contributed by atoms with Crippen molar-refractivity contribution in [3.63, 3.8) is 0 Å². The molecule has 0 spiro atoms. The van der Waals surface area contributed by atoms with E-state index in [4.69, 9.17) is 18.9 Å². The van der Waals surface area contributed by atoms with E-state index >= 15 is 0 Å². The molecule has 39 heavy (non-hydrogen) atoms. The Kier molecular flexibility index (Phi) is 7.74. The van der Waals surface area contributed by atoms with Gasteiger partial charge < -0.3 is 18.9 Å². The highest BCUT2D eigenvalue weighted by Crippen LogP contribution is 2.36. The molecule has 1 saturated heterocycles. The predicted octanol–water partition coefficient (Wildman–Crippen LogP) is 4.23. The van der Waals surface area contributed by atoms with E-state index in [1.165, 1.54) is 12.4 Å². The fourth-order valence-corrected chi connectivity index (χ4v) is 4.17. The molecule has 0 aliphatic carbocycles. The Morgan fingerprint density at radius 1 is 0.744 bits per heavy atom. The number of esters is 3. The summed E-state index contributed by atoms with van der Waals surface area (Å²) >= 11 is 0. The molecule has 0 bridgehead atoms. The van der Waals surface area contributed by atoms with Crippen molar-refractivity contribution >= 4 is 17.9 Å². The van der Waals surface area contributed by atoms with Crippen molar-refractivity contribution in [2.45, 2.75) is 24.5 Å². The van der Waals surface area contributed by atoms with Crippen molar-refractivity contribution < 1.29 is 37.7 Å². The summed E-state index contributed by atoms with van der Waals surface area (Å²) in [6, 6.07) is 24.6. The van der Waals surface area contributed by atoms with Crippen LogP contribution in [-0.2, 0) is 18.9 Å². The van der Waals surface area contributed by atoms with Gasteiger partial charge in [0.2, 0.25) is 0 Å². The van der Waals surface area contributed by atoms with Crippen molar-refractivity contribution in [3.8, 4) is 0 Å². The van der Waals surface area contributed by atoms with Crippen LogP contribution in [0.1, 0.15) is 37.3 Å². The van der Waals surface area contributed by atoms with Crippen molar-refractivity contribution in [1.29, 1.82) is 0 Å². The number of rotatable bonds is 8. The fraction of sp³-hybridized carbons (Fsp3) is 0.172. The third-order valence-electron chi connectivity index (χ3n) is 6.07. The van der Waals surface area contributed by atoms with Crippen LogP contribution in [0, 0.1) is 6.08 Å². The molecule has 10 heteroatoms. The molecule has 5 rings (SSSR count). The van der Waals surface area contributed by atoms with E-state index in [1.54, 1.807) is 91.0 Å². The van der Waals surface area contributed by atoms with Crippen LogP contribution >= 0.6 is 0 Å². The molecule has 3 aromatic carbocycles.